The largest absolute Gasteiger partial charge is 0.408 e. The van der Waals surface area contributed by atoms with Gasteiger partial charge in [0.2, 0.25) is 0 Å². The molecule has 12 heavy (non-hydrogen) atoms. The van der Waals surface area contributed by atoms with Crippen molar-refractivity contribution in [3.63, 3.8) is 0 Å². The fraction of sp³-hybridized carbons (Fsp3) is 1.00. The molecule has 1 rings (SSSR count). The van der Waals surface area contributed by atoms with Crippen LogP contribution in [0.1, 0.15) is 12.8 Å². The van der Waals surface area contributed by atoms with Gasteiger partial charge in [-0.05, 0) is 12.8 Å². The molecule has 1 aliphatic rings. The molecule has 1 aliphatic heterocycles. The van der Waals surface area contributed by atoms with Crippen LogP contribution in [-0.4, -0.2) is 24.9 Å². The lowest BCUT2D eigenvalue weighted by Gasteiger charge is -2.37. The SMILES string of the molecule is NNC1(C(F)(F)F)CCOCC1. The van der Waals surface area contributed by atoms with Gasteiger partial charge in [0, 0.05) is 13.2 Å². The van der Waals surface area contributed by atoms with Crippen LogP contribution in [0.15, 0.2) is 0 Å². The van der Waals surface area contributed by atoms with Crippen molar-refractivity contribution in [2.24, 2.45) is 5.84 Å². The number of ether oxygens (including phenoxy) is 1. The summed E-state index contributed by atoms with van der Waals surface area (Å²) >= 11 is 0. The molecule has 72 valence electrons. The standard InChI is InChI=1S/C6H11F3N2O/c7-6(8,9)5(11-10)1-3-12-4-2-5/h11H,1-4,10H2. The van der Waals surface area contributed by atoms with Gasteiger partial charge in [-0.2, -0.15) is 13.2 Å². The van der Waals surface area contributed by atoms with Crippen LogP contribution in [0.5, 0.6) is 0 Å². The van der Waals surface area contributed by atoms with Gasteiger partial charge >= 0.3 is 6.18 Å². The monoisotopic (exact) mass is 184 g/mol. The molecule has 0 aromatic heterocycles. The number of hydrazine groups is 1. The molecule has 0 aromatic carbocycles. The molecule has 0 bridgehead atoms. The van der Waals surface area contributed by atoms with Crippen LogP contribution in [0.4, 0.5) is 13.2 Å². The normalized spacial score (nSPS) is 24.0. The van der Waals surface area contributed by atoms with Gasteiger partial charge in [0.05, 0.1) is 0 Å². The Labute approximate surface area is 68.0 Å². The number of nitrogens with two attached hydrogens (primary N) is 1. The summed E-state index contributed by atoms with van der Waals surface area (Å²) in [5.74, 6) is 4.90. The second kappa shape index (κ2) is 3.20. The molecule has 6 heteroatoms. The third-order valence-electron chi connectivity index (χ3n) is 2.17. The molecule has 3 nitrogen and oxygen atoms in total. The van der Waals surface area contributed by atoms with E-state index in [1.165, 1.54) is 0 Å². The van der Waals surface area contributed by atoms with Crippen LogP contribution in [0.3, 0.4) is 0 Å². The Hall–Kier alpha value is -0.330. The Kier molecular flexibility index (Phi) is 2.60. The smallest absolute Gasteiger partial charge is 0.381 e. The van der Waals surface area contributed by atoms with Crippen molar-refractivity contribution in [3.8, 4) is 0 Å². The van der Waals surface area contributed by atoms with E-state index in [2.05, 4.69) is 0 Å². The highest BCUT2D eigenvalue weighted by Crippen LogP contribution is 2.37. The van der Waals surface area contributed by atoms with Crippen LogP contribution in [-0.2, 0) is 4.74 Å². The zero-order valence-corrected chi connectivity index (χ0v) is 6.45. The van der Waals surface area contributed by atoms with Gasteiger partial charge in [-0.25, -0.2) is 5.43 Å². The van der Waals surface area contributed by atoms with Crippen molar-refractivity contribution in [1.29, 1.82) is 0 Å². The van der Waals surface area contributed by atoms with Crippen LogP contribution in [0, 0.1) is 0 Å². The number of nitrogens with one attached hydrogen (secondary N) is 1. The minimum Gasteiger partial charge on any atom is -0.381 e. The molecule has 0 atom stereocenters. The summed E-state index contributed by atoms with van der Waals surface area (Å²) in [5.41, 5.74) is -0.0869. The molecule has 0 spiro atoms. The molecule has 0 radical (unpaired) electrons. The van der Waals surface area contributed by atoms with Gasteiger partial charge in [-0.15, -0.1) is 0 Å². The summed E-state index contributed by atoms with van der Waals surface area (Å²) in [6.07, 6.45) is -4.54. The molecular formula is C6H11F3N2O. The van der Waals surface area contributed by atoms with Crippen molar-refractivity contribution in [1.82, 2.24) is 5.43 Å². The zero-order chi connectivity index (χ0) is 9.24. The Morgan fingerprint density at radius 3 is 2.00 bits per heavy atom. The first kappa shape index (κ1) is 9.76. The fourth-order valence-corrected chi connectivity index (χ4v) is 1.23. The van der Waals surface area contributed by atoms with Gasteiger partial charge in [-0.1, -0.05) is 0 Å². The maximum absolute atomic E-state index is 12.4. The molecule has 0 aliphatic carbocycles. The van der Waals surface area contributed by atoms with E-state index in [0.29, 0.717) is 0 Å². The first-order valence-corrected chi connectivity index (χ1v) is 3.64. The van der Waals surface area contributed by atoms with Crippen molar-refractivity contribution in [2.45, 2.75) is 24.6 Å². The van der Waals surface area contributed by atoms with Crippen molar-refractivity contribution >= 4 is 0 Å². The Morgan fingerprint density at radius 2 is 1.75 bits per heavy atom. The van der Waals surface area contributed by atoms with Gasteiger partial charge in [0.25, 0.3) is 0 Å². The van der Waals surface area contributed by atoms with Gasteiger partial charge in [-0.3, -0.25) is 5.84 Å². The highest BCUT2D eigenvalue weighted by Gasteiger charge is 2.54. The van der Waals surface area contributed by atoms with E-state index < -0.39 is 11.7 Å². The molecule has 0 aromatic rings. The summed E-state index contributed by atoms with van der Waals surface area (Å²) < 4.78 is 42.0. The second-order valence-corrected chi connectivity index (χ2v) is 2.84. The Balaban J connectivity index is 2.73. The van der Waals surface area contributed by atoms with E-state index >= 15 is 0 Å². The van der Waals surface area contributed by atoms with Crippen LogP contribution >= 0.6 is 0 Å². The predicted molar refractivity (Wildman–Crippen MR) is 36.2 cm³/mol. The third kappa shape index (κ3) is 1.55. The molecular weight excluding hydrogens is 173 g/mol. The Bertz CT molecular complexity index is 153. The number of hydrogen-bond donors (Lipinski definition) is 2. The summed E-state index contributed by atoms with van der Waals surface area (Å²) in [5, 5.41) is 0. The number of halogens is 3. The van der Waals surface area contributed by atoms with E-state index in [4.69, 9.17) is 10.6 Å². The summed E-state index contributed by atoms with van der Waals surface area (Å²) in [7, 11) is 0. The molecule has 1 fully saturated rings. The molecule has 0 amide bonds. The van der Waals surface area contributed by atoms with Gasteiger partial charge < -0.3 is 4.74 Å². The average molecular weight is 184 g/mol. The highest BCUT2D eigenvalue weighted by molar-refractivity contribution is 4.94. The predicted octanol–water partition coefficient (Wildman–Crippen LogP) is 0.561. The quantitative estimate of drug-likeness (QED) is 0.462. The fourth-order valence-electron chi connectivity index (χ4n) is 1.23. The highest BCUT2D eigenvalue weighted by atomic mass is 19.4. The van der Waals surface area contributed by atoms with Crippen LogP contribution < -0.4 is 11.3 Å². The van der Waals surface area contributed by atoms with Gasteiger partial charge in [0.15, 0.2) is 0 Å². The summed E-state index contributed by atoms with van der Waals surface area (Å²) in [4.78, 5) is 0. The minimum atomic E-state index is -4.30. The molecule has 0 saturated carbocycles. The van der Waals surface area contributed by atoms with E-state index in [0.717, 1.165) is 0 Å². The third-order valence-corrected chi connectivity index (χ3v) is 2.17. The molecule has 3 N–H and O–H groups in total. The first-order chi connectivity index (χ1) is 5.52. The number of alkyl halides is 3. The Morgan fingerprint density at radius 1 is 1.25 bits per heavy atom. The lowest BCUT2D eigenvalue weighted by atomic mass is 9.90. The topological polar surface area (TPSA) is 47.3 Å². The van der Waals surface area contributed by atoms with Crippen molar-refractivity contribution in [2.75, 3.05) is 13.2 Å². The first-order valence-electron chi connectivity index (χ1n) is 3.64. The lowest BCUT2D eigenvalue weighted by Crippen LogP contribution is -2.62. The van der Waals surface area contributed by atoms with Gasteiger partial charge in [0.1, 0.15) is 5.54 Å². The maximum Gasteiger partial charge on any atom is 0.408 e. The average Bonchev–Trinajstić information content (AvgIpc) is 2.04. The van der Waals surface area contributed by atoms with Crippen molar-refractivity contribution < 1.29 is 17.9 Å². The number of rotatable bonds is 1. The maximum atomic E-state index is 12.4. The minimum absolute atomic E-state index is 0.101. The lowest BCUT2D eigenvalue weighted by molar-refractivity contribution is -0.216. The van der Waals surface area contributed by atoms with E-state index in [9.17, 15) is 13.2 Å². The number of hydrogen-bond acceptors (Lipinski definition) is 3. The van der Waals surface area contributed by atoms with Crippen molar-refractivity contribution in [3.05, 3.63) is 0 Å². The second-order valence-electron chi connectivity index (χ2n) is 2.84. The molecule has 0 unspecified atom stereocenters. The molecule has 1 saturated heterocycles. The van der Waals surface area contributed by atoms with E-state index in [1.807, 2.05) is 5.43 Å². The van der Waals surface area contributed by atoms with E-state index in [-0.39, 0.29) is 26.1 Å². The molecule has 1 heterocycles. The van der Waals surface area contributed by atoms with Crippen LogP contribution in [0.2, 0.25) is 0 Å². The summed E-state index contributed by atoms with van der Waals surface area (Å²) in [6.45, 7) is 0.202. The zero-order valence-electron chi connectivity index (χ0n) is 6.45. The van der Waals surface area contributed by atoms with Crippen LogP contribution in [0.25, 0.3) is 0 Å². The summed E-state index contributed by atoms with van der Waals surface area (Å²) in [6, 6.07) is 0. The van der Waals surface area contributed by atoms with E-state index in [1.54, 1.807) is 0 Å².